The monoisotopic (exact) mass is 334 g/mol. The largest absolute Gasteiger partial charge is 0.364 e. The van der Waals surface area contributed by atoms with Crippen molar-refractivity contribution in [2.75, 3.05) is 10.2 Å². The van der Waals surface area contributed by atoms with Gasteiger partial charge in [-0.3, -0.25) is 9.69 Å². The Bertz CT molecular complexity index is 964. The molecule has 0 saturated heterocycles. The lowest BCUT2D eigenvalue weighted by molar-refractivity contribution is 0.0995. The van der Waals surface area contributed by atoms with E-state index in [0.717, 1.165) is 28.3 Å². The molecule has 1 unspecified atom stereocenters. The second kappa shape index (κ2) is 5.62. The molecule has 0 spiro atoms. The zero-order chi connectivity index (χ0) is 17.6. The molecule has 3 aromatic rings. The number of aromatic amines is 1. The Kier molecular flexibility index (Phi) is 3.42. The molecule has 0 fully saturated rings. The van der Waals surface area contributed by atoms with Gasteiger partial charge in [-0.15, -0.1) is 0 Å². The smallest absolute Gasteiger partial charge is 0.267 e. The summed E-state index contributed by atoms with van der Waals surface area (Å²) < 4.78 is 0. The summed E-state index contributed by atoms with van der Waals surface area (Å²) in [4.78, 5) is 25.6. The molecule has 0 radical (unpaired) electrons. The number of nitrogens with two attached hydrogens (primary N) is 1. The maximum atomic E-state index is 11.5. The van der Waals surface area contributed by atoms with Crippen LogP contribution in [0.15, 0.2) is 42.6 Å². The minimum atomic E-state index is -0.576. The molecule has 1 aliphatic rings. The average Bonchev–Trinajstić information content (AvgIpc) is 3.14. The van der Waals surface area contributed by atoms with Gasteiger partial charge >= 0.3 is 0 Å². The fourth-order valence-electron chi connectivity index (χ4n) is 3.22. The highest BCUT2D eigenvalue weighted by Gasteiger charge is 2.34. The van der Waals surface area contributed by atoms with Gasteiger partial charge in [0.05, 0.1) is 17.1 Å². The van der Waals surface area contributed by atoms with E-state index in [1.807, 2.05) is 36.1 Å². The molecule has 126 valence electrons. The number of primary amides is 1. The first kappa shape index (κ1) is 15.2. The van der Waals surface area contributed by atoms with Crippen LogP contribution in [-0.4, -0.2) is 20.9 Å². The van der Waals surface area contributed by atoms with Crippen LogP contribution in [0.1, 0.15) is 33.6 Å². The lowest BCUT2D eigenvalue weighted by Gasteiger charge is -2.25. The first-order valence-electron chi connectivity index (χ1n) is 7.98. The predicted octanol–water partition coefficient (Wildman–Crippen LogP) is 2.78. The number of para-hydroxylation sites is 2. The second-order valence-corrected chi connectivity index (χ2v) is 6.09. The Labute approximate surface area is 144 Å². The van der Waals surface area contributed by atoms with E-state index in [4.69, 9.17) is 5.73 Å². The third-order valence-electron chi connectivity index (χ3n) is 4.29. The van der Waals surface area contributed by atoms with Gasteiger partial charge in [0.2, 0.25) is 5.95 Å². The number of rotatable bonds is 3. The molecule has 0 saturated carbocycles. The van der Waals surface area contributed by atoms with Crippen molar-refractivity contribution in [3.05, 3.63) is 65.2 Å². The fraction of sp³-hybridized carbons (Fsp3) is 0.167. The zero-order valence-electron chi connectivity index (χ0n) is 13.9. The van der Waals surface area contributed by atoms with E-state index < -0.39 is 5.91 Å². The maximum absolute atomic E-state index is 11.5. The molecule has 0 bridgehead atoms. The number of anilines is 3. The predicted molar refractivity (Wildman–Crippen MR) is 95.8 cm³/mol. The number of fused-ring (bicyclic) bond motifs is 1. The van der Waals surface area contributed by atoms with Crippen molar-refractivity contribution in [1.29, 1.82) is 0 Å². The van der Waals surface area contributed by atoms with Crippen molar-refractivity contribution in [3.63, 3.8) is 0 Å². The average molecular weight is 334 g/mol. The van der Waals surface area contributed by atoms with Crippen molar-refractivity contribution in [2.24, 2.45) is 5.73 Å². The van der Waals surface area contributed by atoms with E-state index in [-0.39, 0.29) is 11.9 Å². The molecule has 25 heavy (non-hydrogen) atoms. The van der Waals surface area contributed by atoms with Gasteiger partial charge in [0.25, 0.3) is 5.91 Å². The normalized spacial score (nSPS) is 15.8. The van der Waals surface area contributed by atoms with Crippen LogP contribution in [0.5, 0.6) is 0 Å². The van der Waals surface area contributed by atoms with Crippen LogP contribution in [0.4, 0.5) is 17.3 Å². The second-order valence-electron chi connectivity index (χ2n) is 6.09. The van der Waals surface area contributed by atoms with Gasteiger partial charge in [-0.25, -0.2) is 9.97 Å². The molecule has 1 aliphatic heterocycles. The fourth-order valence-corrected chi connectivity index (χ4v) is 3.22. The van der Waals surface area contributed by atoms with Crippen LogP contribution in [0.25, 0.3) is 0 Å². The first-order chi connectivity index (χ1) is 12.0. The minimum absolute atomic E-state index is 0.188. The number of nitrogens with zero attached hydrogens (tertiary/aromatic N) is 3. The molecule has 2 aromatic heterocycles. The third-order valence-corrected chi connectivity index (χ3v) is 4.29. The number of aryl methyl sites for hydroxylation is 2. The van der Waals surface area contributed by atoms with E-state index in [0.29, 0.717) is 5.95 Å². The van der Waals surface area contributed by atoms with Crippen LogP contribution in [-0.2, 0) is 0 Å². The van der Waals surface area contributed by atoms with Gasteiger partial charge in [0.1, 0.15) is 11.9 Å². The van der Waals surface area contributed by atoms with E-state index >= 15 is 0 Å². The Morgan fingerprint density at radius 1 is 1.24 bits per heavy atom. The Morgan fingerprint density at radius 2 is 2.04 bits per heavy atom. The van der Waals surface area contributed by atoms with Crippen LogP contribution < -0.4 is 16.0 Å². The van der Waals surface area contributed by atoms with E-state index in [9.17, 15) is 4.79 Å². The topological polar surface area (TPSA) is 99.9 Å². The van der Waals surface area contributed by atoms with Crippen molar-refractivity contribution in [3.8, 4) is 0 Å². The third kappa shape index (κ3) is 2.50. The number of hydrogen-bond donors (Lipinski definition) is 3. The van der Waals surface area contributed by atoms with Gasteiger partial charge in [0.15, 0.2) is 0 Å². The number of carbonyl (C=O) groups is 1. The Morgan fingerprint density at radius 3 is 2.76 bits per heavy atom. The molecular weight excluding hydrogens is 316 g/mol. The molecule has 1 amide bonds. The summed E-state index contributed by atoms with van der Waals surface area (Å²) >= 11 is 0. The number of amides is 1. The highest BCUT2D eigenvalue weighted by molar-refractivity contribution is 5.91. The van der Waals surface area contributed by atoms with Crippen LogP contribution in [0.3, 0.4) is 0 Å². The van der Waals surface area contributed by atoms with Gasteiger partial charge in [-0.1, -0.05) is 12.1 Å². The molecular formula is C18H18N6O. The Hall–Kier alpha value is -3.35. The van der Waals surface area contributed by atoms with Gasteiger partial charge in [0, 0.05) is 11.9 Å². The molecule has 1 atom stereocenters. The van der Waals surface area contributed by atoms with Crippen molar-refractivity contribution >= 4 is 23.2 Å². The number of nitrogens with one attached hydrogen (secondary N) is 2. The highest BCUT2D eigenvalue weighted by Crippen LogP contribution is 2.44. The summed E-state index contributed by atoms with van der Waals surface area (Å²) in [5.74, 6) is -0.155. The molecule has 0 aliphatic carbocycles. The Balaban J connectivity index is 1.87. The van der Waals surface area contributed by atoms with E-state index in [1.165, 1.54) is 6.07 Å². The molecule has 7 heteroatoms. The summed E-state index contributed by atoms with van der Waals surface area (Å²) in [6.45, 7) is 4.08. The van der Waals surface area contributed by atoms with E-state index in [2.05, 4.69) is 33.3 Å². The summed E-state index contributed by atoms with van der Waals surface area (Å²) in [6.07, 6.45) is 1.35. The molecule has 7 nitrogen and oxygen atoms in total. The quantitative estimate of drug-likeness (QED) is 0.684. The number of aromatic nitrogens is 3. The van der Waals surface area contributed by atoms with Gasteiger partial charge in [-0.05, 0) is 43.7 Å². The lowest BCUT2D eigenvalue weighted by Crippen LogP contribution is -2.27. The minimum Gasteiger partial charge on any atom is -0.364 e. The molecule has 1 aromatic carbocycles. The van der Waals surface area contributed by atoms with Crippen molar-refractivity contribution in [1.82, 2.24) is 15.0 Å². The molecule has 3 heterocycles. The lowest BCUT2D eigenvalue weighted by atomic mass is 10.2. The molecule has 4 N–H and O–H groups in total. The van der Waals surface area contributed by atoms with E-state index in [1.54, 1.807) is 6.20 Å². The number of H-pyrrole nitrogens is 1. The molecule has 4 rings (SSSR count). The van der Waals surface area contributed by atoms with Gasteiger partial charge in [-0.2, -0.15) is 0 Å². The maximum Gasteiger partial charge on any atom is 0.267 e. The zero-order valence-corrected chi connectivity index (χ0v) is 13.9. The number of hydrogen-bond acceptors (Lipinski definition) is 5. The van der Waals surface area contributed by atoms with Crippen LogP contribution in [0.2, 0.25) is 0 Å². The summed E-state index contributed by atoms with van der Waals surface area (Å²) in [5.41, 5.74) is 10.7. The van der Waals surface area contributed by atoms with Gasteiger partial charge < -0.3 is 16.0 Å². The van der Waals surface area contributed by atoms with Crippen LogP contribution in [0, 0.1) is 13.8 Å². The van der Waals surface area contributed by atoms with Crippen LogP contribution >= 0.6 is 0 Å². The van der Waals surface area contributed by atoms with Crippen molar-refractivity contribution < 1.29 is 4.79 Å². The van der Waals surface area contributed by atoms with Crippen molar-refractivity contribution in [2.45, 2.75) is 20.0 Å². The summed E-state index contributed by atoms with van der Waals surface area (Å²) in [7, 11) is 0. The summed E-state index contributed by atoms with van der Waals surface area (Å²) in [6, 6.07) is 11.5. The highest BCUT2D eigenvalue weighted by atomic mass is 16.1. The number of carbonyl (C=O) groups excluding carboxylic acids is 1. The SMILES string of the molecule is Cc1cc(C)c(C2Nc3ccccc3N2c2nccc(C(N)=O)n2)[nH]1. The first-order valence-corrected chi connectivity index (χ1v) is 7.98. The number of benzene rings is 1. The summed E-state index contributed by atoms with van der Waals surface area (Å²) in [5, 5.41) is 3.50. The standard InChI is InChI=1S/C18H18N6O/c1-10-9-11(2)21-15(10)17-22-12-5-3-4-6-14(12)24(17)18-20-8-7-13(23-18)16(19)25/h3-9,17,21-22H,1-2H3,(H2,19,25).